The number of sulfonamides is 1. The summed E-state index contributed by atoms with van der Waals surface area (Å²) in [6.07, 6.45) is -0.834. The van der Waals surface area contributed by atoms with Crippen molar-refractivity contribution in [1.82, 2.24) is 0 Å². The van der Waals surface area contributed by atoms with E-state index in [-0.39, 0.29) is 44.7 Å². The summed E-state index contributed by atoms with van der Waals surface area (Å²) in [5.41, 5.74) is 0.0805. The van der Waals surface area contributed by atoms with E-state index in [0.29, 0.717) is 0 Å². The van der Waals surface area contributed by atoms with Gasteiger partial charge in [-0.25, -0.2) is 12.8 Å². The van der Waals surface area contributed by atoms with Crippen LogP contribution < -0.4 is 14.4 Å². The lowest BCUT2D eigenvalue weighted by Gasteiger charge is -2.35. The second-order valence-corrected chi connectivity index (χ2v) is 9.60. The van der Waals surface area contributed by atoms with Gasteiger partial charge in [0.05, 0.1) is 46.0 Å². The van der Waals surface area contributed by atoms with Crippen molar-refractivity contribution in [2.24, 2.45) is 0 Å². The summed E-state index contributed by atoms with van der Waals surface area (Å²) in [4.78, 5) is 12.5. The number of rotatable bonds is 5. The van der Waals surface area contributed by atoms with Gasteiger partial charge in [0.2, 0.25) is 0 Å². The zero-order valence-corrected chi connectivity index (χ0v) is 19.0. The summed E-state index contributed by atoms with van der Waals surface area (Å²) in [5.74, 6) is -1.46. The monoisotopic (exact) mass is 501 g/mol. The first-order valence-corrected chi connectivity index (χ1v) is 11.8. The van der Waals surface area contributed by atoms with Gasteiger partial charge in [-0.1, -0.05) is 23.7 Å². The van der Waals surface area contributed by atoms with E-state index in [1.165, 1.54) is 54.6 Å². The molecular weight excluding hydrogens is 485 g/mol. The maximum absolute atomic E-state index is 14.1. The Kier molecular flexibility index (Phi) is 6.43. The summed E-state index contributed by atoms with van der Waals surface area (Å²) in [5, 5.41) is 21.2. The minimum absolute atomic E-state index is 0.0776. The van der Waals surface area contributed by atoms with E-state index in [1.807, 2.05) is 6.07 Å². The molecule has 0 fully saturated rings. The number of ether oxygens (including phenoxy) is 1. The molecule has 0 spiro atoms. The highest BCUT2D eigenvalue weighted by Gasteiger charge is 2.35. The molecule has 1 aliphatic heterocycles. The lowest BCUT2D eigenvalue weighted by Crippen LogP contribution is -2.45. The predicted octanol–water partition coefficient (Wildman–Crippen LogP) is 3.55. The standard InChI is InChI=1S/C23H17ClFN3O5S/c24-18-5-2-6-19(25)22(18)23(30)27-15-7-8-21-20(10-15)28(12-16(13-29)33-21)34(31,32)17-4-1-3-14(9-17)11-26/h1-10,16,29H,12-13H2,(H,27,30)/t16-/m1/s1. The van der Waals surface area contributed by atoms with E-state index in [2.05, 4.69) is 5.32 Å². The zero-order chi connectivity index (χ0) is 24.5. The van der Waals surface area contributed by atoms with Gasteiger partial charge >= 0.3 is 0 Å². The van der Waals surface area contributed by atoms with Crippen molar-refractivity contribution >= 4 is 38.9 Å². The molecule has 0 bridgehead atoms. The number of benzene rings is 3. The molecule has 0 unspecified atom stereocenters. The van der Waals surface area contributed by atoms with Crippen molar-refractivity contribution in [2.45, 2.75) is 11.0 Å². The number of aliphatic hydroxyl groups excluding tert-OH is 1. The third-order valence-electron chi connectivity index (χ3n) is 5.09. The van der Waals surface area contributed by atoms with Crippen molar-refractivity contribution in [3.8, 4) is 11.8 Å². The van der Waals surface area contributed by atoms with E-state index in [4.69, 9.17) is 21.6 Å². The fraction of sp³-hybridized carbons (Fsp3) is 0.130. The maximum atomic E-state index is 14.1. The normalized spacial score (nSPS) is 15.1. The number of fused-ring (bicyclic) bond motifs is 1. The predicted molar refractivity (Wildman–Crippen MR) is 123 cm³/mol. The van der Waals surface area contributed by atoms with Crippen LogP contribution in [-0.4, -0.2) is 38.7 Å². The highest BCUT2D eigenvalue weighted by molar-refractivity contribution is 7.92. The Labute approximate surface area is 199 Å². The number of nitrogens with one attached hydrogen (secondary N) is 1. The van der Waals surface area contributed by atoms with Gasteiger partial charge < -0.3 is 15.2 Å². The largest absolute Gasteiger partial charge is 0.484 e. The van der Waals surface area contributed by atoms with Crippen LogP contribution in [0.4, 0.5) is 15.8 Å². The highest BCUT2D eigenvalue weighted by Crippen LogP contribution is 2.39. The minimum Gasteiger partial charge on any atom is -0.484 e. The average Bonchev–Trinajstić information content (AvgIpc) is 2.83. The maximum Gasteiger partial charge on any atom is 0.264 e. The van der Waals surface area contributed by atoms with Gasteiger partial charge in [0, 0.05) is 5.69 Å². The number of halogens is 2. The molecule has 34 heavy (non-hydrogen) atoms. The van der Waals surface area contributed by atoms with Crippen LogP contribution in [0.15, 0.2) is 65.6 Å². The Balaban J connectivity index is 1.74. The van der Waals surface area contributed by atoms with Gasteiger partial charge in [0.15, 0.2) is 0 Å². The second kappa shape index (κ2) is 9.30. The Hall–Kier alpha value is -3.65. The minimum atomic E-state index is -4.16. The third-order valence-corrected chi connectivity index (χ3v) is 7.18. The topological polar surface area (TPSA) is 120 Å². The van der Waals surface area contributed by atoms with Gasteiger partial charge in [0.1, 0.15) is 17.7 Å². The van der Waals surface area contributed by atoms with Crippen LogP contribution >= 0.6 is 11.6 Å². The molecule has 0 aliphatic carbocycles. The third kappa shape index (κ3) is 4.41. The van der Waals surface area contributed by atoms with Crippen LogP contribution in [0.5, 0.6) is 5.75 Å². The molecule has 11 heteroatoms. The van der Waals surface area contributed by atoms with E-state index in [0.717, 1.165) is 10.4 Å². The summed E-state index contributed by atoms with van der Waals surface area (Å²) < 4.78 is 47.7. The van der Waals surface area contributed by atoms with Crippen LogP contribution in [0.1, 0.15) is 15.9 Å². The van der Waals surface area contributed by atoms with Crippen LogP contribution in [0.2, 0.25) is 5.02 Å². The zero-order valence-electron chi connectivity index (χ0n) is 17.4. The van der Waals surface area contributed by atoms with Gasteiger partial charge in [0.25, 0.3) is 15.9 Å². The number of carbonyl (C=O) groups excluding carboxylic acids is 1. The smallest absolute Gasteiger partial charge is 0.264 e. The molecule has 3 aromatic carbocycles. The Bertz CT molecular complexity index is 1400. The molecule has 0 radical (unpaired) electrons. The van der Waals surface area contributed by atoms with Crippen molar-refractivity contribution in [3.05, 3.63) is 82.6 Å². The lowest BCUT2D eigenvalue weighted by atomic mass is 10.1. The second-order valence-electron chi connectivity index (χ2n) is 7.33. The van der Waals surface area contributed by atoms with E-state index < -0.39 is 34.5 Å². The molecule has 0 saturated heterocycles. The number of hydrogen-bond donors (Lipinski definition) is 2. The molecule has 1 atom stereocenters. The molecule has 1 aliphatic rings. The van der Waals surface area contributed by atoms with Crippen molar-refractivity contribution < 1.29 is 27.4 Å². The fourth-order valence-electron chi connectivity index (χ4n) is 3.47. The molecule has 174 valence electrons. The Morgan fingerprint density at radius 3 is 2.71 bits per heavy atom. The SMILES string of the molecule is N#Cc1cccc(S(=O)(=O)N2C[C@H](CO)Oc3ccc(NC(=O)c4c(F)cccc4Cl)cc32)c1. The van der Waals surface area contributed by atoms with Gasteiger partial charge in [-0.2, -0.15) is 5.26 Å². The number of carbonyl (C=O) groups is 1. The number of anilines is 2. The molecule has 3 aromatic rings. The number of nitrogens with zero attached hydrogens (tertiary/aromatic N) is 2. The van der Waals surface area contributed by atoms with Crippen molar-refractivity contribution in [1.29, 1.82) is 5.26 Å². The van der Waals surface area contributed by atoms with E-state index >= 15 is 0 Å². The molecule has 2 N–H and O–H groups in total. The molecule has 0 saturated carbocycles. The van der Waals surface area contributed by atoms with Crippen LogP contribution in [0, 0.1) is 17.1 Å². The van der Waals surface area contributed by atoms with Gasteiger partial charge in [-0.15, -0.1) is 0 Å². The lowest BCUT2D eigenvalue weighted by molar-refractivity contribution is 0.102. The fourth-order valence-corrected chi connectivity index (χ4v) is 5.27. The number of nitriles is 1. The number of aliphatic hydroxyl groups is 1. The molecule has 4 rings (SSSR count). The molecule has 1 heterocycles. The quantitative estimate of drug-likeness (QED) is 0.551. The summed E-state index contributed by atoms with van der Waals surface area (Å²) in [6, 6.07) is 15.5. The highest BCUT2D eigenvalue weighted by atomic mass is 35.5. The van der Waals surface area contributed by atoms with Crippen LogP contribution in [0.25, 0.3) is 0 Å². The first-order valence-electron chi connectivity index (χ1n) is 9.94. The summed E-state index contributed by atoms with van der Waals surface area (Å²) >= 11 is 5.96. The first-order chi connectivity index (χ1) is 16.2. The Morgan fingerprint density at radius 1 is 1.24 bits per heavy atom. The molecule has 0 aromatic heterocycles. The van der Waals surface area contributed by atoms with Crippen LogP contribution in [-0.2, 0) is 10.0 Å². The summed E-state index contributed by atoms with van der Waals surface area (Å²) in [6.45, 7) is -0.646. The summed E-state index contributed by atoms with van der Waals surface area (Å²) in [7, 11) is -4.16. The van der Waals surface area contributed by atoms with Gasteiger partial charge in [-0.05, 0) is 48.5 Å². The average molecular weight is 502 g/mol. The van der Waals surface area contributed by atoms with Crippen molar-refractivity contribution in [3.63, 3.8) is 0 Å². The van der Waals surface area contributed by atoms with Gasteiger partial charge in [-0.3, -0.25) is 9.10 Å². The van der Waals surface area contributed by atoms with Crippen molar-refractivity contribution in [2.75, 3.05) is 22.8 Å². The van der Waals surface area contributed by atoms with E-state index in [9.17, 15) is 22.7 Å². The number of hydrogen-bond acceptors (Lipinski definition) is 6. The number of amides is 1. The Morgan fingerprint density at radius 2 is 2.00 bits per heavy atom. The molecule has 1 amide bonds. The molecule has 8 nitrogen and oxygen atoms in total. The van der Waals surface area contributed by atoms with Crippen LogP contribution in [0.3, 0.4) is 0 Å². The van der Waals surface area contributed by atoms with E-state index in [1.54, 1.807) is 0 Å². The molecular formula is C23H17ClFN3O5S. The first kappa shape index (κ1) is 23.5.